The van der Waals surface area contributed by atoms with E-state index in [2.05, 4.69) is 5.10 Å². The second kappa shape index (κ2) is 4.20. The lowest BCUT2D eigenvalue weighted by molar-refractivity contribution is -0.134. The molecule has 0 aliphatic carbocycles. The van der Waals surface area contributed by atoms with Crippen molar-refractivity contribution in [3.8, 4) is 6.07 Å². The summed E-state index contributed by atoms with van der Waals surface area (Å²) >= 11 is 0. The molecular formula is C9H14N4O. The first-order chi connectivity index (χ1) is 6.57. The fourth-order valence-electron chi connectivity index (χ4n) is 1.17. The number of nitriles is 1. The molecule has 1 aliphatic heterocycles. The number of rotatable bonds is 2. The summed E-state index contributed by atoms with van der Waals surface area (Å²) in [6, 6.07) is 0.952. The van der Waals surface area contributed by atoms with E-state index in [1.165, 1.54) is 5.01 Å². The van der Waals surface area contributed by atoms with Crippen molar-refractivity contribution in [2.45, 2.75) is 32.4 Å². The smallest absolute Gasteiger partial charge is 0.261 e. The van der Waals surface area contributed by atoms with Crippen molar-refractivity contribution in [3.63, 3.8) is 0 Å². The van der Waals surface area contributed by atoms with Crippen LogP contribution < -0.4 is 5.73 Å². The van der Waals surface area contributed by atoms with Gasteiger partial charge < -0.3 is 5.73 Å². The lowest BCUT2D eigenvalue weighted by atomic mass is 10.0. The van der Waals surface area contributed by atoms with Gasteiger partial charge >= 0.3 is 0 Å². The average Bonchev–Trinajstić information content (AvgIpc) is 2.62. The molecule has 5 nitrogen and oxygen atoms in total. The van der Waals surface area contributed by atoms with Crippen LogP contribution in [0.25, 0.3) is 0 Å². The zero-order chi connectivity index (χ0) is 10.7. The second-order valence-corrected chi connectivity index (χ2v) is 3.63. The van der Waals surface area contributed by atoms with Gasteiger partial charge in [-0.3, -0.25) is 4.79 Å². The molecule has 1 aliphatic rings. The minimum absolute atomic E-state index is 0.0534. The predicted octanol–water partition coefficient (Wildman–Crippen LogP) is 0.0800. The Morgan fingerprint density at radius 3 is 2.93 bits per heavy atom. The zero-order valence-corrected chi connectivity index (χ0v) is 8.34. The van der Waals surface area contributed by atoms with E-state index < -0.39 is 12.1 Å². The van der Waals surface area contributed by atoms with Crippen LogP contribution >= 0.6 is 0 Å². The molecule has 1 amide bonds. The molecular weight excluding hydrogens is 180 g/mol. The van der Waals surface area contributed by atoms with E-state index in [-0.39, 0.29) is 11.8 Å². The van der Waals surface area contributed by atoms with Gasteiger partial charge in [-0.05, 0) is 5.92 Å². The topological polar surface area (TPSA) is 82.5 Å². The predicted molar refractivity (Wildman–Crippen MR) is 52.2 cm³/mol. The maximum atomic E-state index is 11.7. The fourth-order valence-corrected chi connectivity index (χ4v) is 1.17. The molecule has 0 fully saturated rings. The summed E-state index contributed by atoms with van der Waals surface area (Å²) in [4.78, 5) is 11.7. The van der Waals surface area contributed by atoms with Gasteiger partial charge in [0.25, 0.3) is 5.91 Å². The summed E-state index contributed by atoms with van der Waals surface area (Å²) in [6.07, 6.45) is 2.06. The highest BCUT2D eigenvalue weighted by atomic mass is 16.2. The highest BCUT2D eigenvalue weighted by Crippen LogP contribution is 2.13. The van der Waals surface area contributed by atoms with E-state index in [0.717, 1.165) is 0 Å². The van der Waals surface area contributed by atoms with Crippen molar-refractivity contribution in [3.05, 3.63) is 0 Å². The van der Waals surface area contributed by atoms with Crippen molar-refractivity contribution in [1.29, 1.82) is 5.26 Å². The Labute approximate surface area is 83.2 Å². The minimum Gasteiger partial charge on any atom is -0.320 e. The zero-order valence-electron chi connectivity index (χ0n) is 8.34. The van der Waals surface area contributed by atoms with Gasteiger partial charge in [0, 0.05) is 12.6 Å². The molecule has 0 aromatic heterocycles. The normalized spacial score (nSPS) is 22.5. The van der Waals surface area contributed by atoms with Crippen LogP contribution in [0.5, 0.6) is 0 Å². The van der Waals surface area contributed by atoms with Gasteiger partial charge in [0.05, 0.1) is 12.1 Å². The van der Waals surface area contributed by atoms with Gasteiger partial charge in [-0.15, -0.1) is 0 Å². The average molecular weight is 194 g/mol. The highest BCUT2D eigenvalue weighted by Gasteiger charge is 2.31. The van der Waals surface area contributed by atoms with Crippen molar-refractivity contribution < 1.29 is 4.79 Å². The van der Waals surface area contributed by atoms with Crippen molar-refractivity contribution in [2.75, 3.05) is 0 Å². The standard InChI is InChI=1S/C9H14N4O/c1-6(2)8(11)9(14)13-7(5-10)3-4-12-13/h4,6-8H,3,11H2,1-2H3/t7?,8-/m1/s1. The fraction of sp³-hybridized carbons (Fsp3) is 0.667. The van der Waals surface area contributed by atoms with Crippen LogP contribution in [0.3, 0.4) is 0 Å². The Bertz CT molecular complexity index is 292. The van der Waals surface area contributed by atoms with Crippen molar-refractivity contribution >= 4 is 12.1 Å². The Hall–Kier alpha value is -1.41. The Morgan fingerprint density at radius 2 is 2.43 bits per heavy atom. The van der Waals surface area contributed by atoms with E-state index in [1.54, 1.807) is 6.21 Å². The summed E-state index contributed by atoms with van der Waals surface area (Å²) in [5.74, 6) is -0.224. The summed E-state index contributed by atoms with van der Waals surface area (Å²) in [6.45, 7) is 3.73. The van der Waals surface area contributed by atoms with Gasteiger partial charge in [-0.1, -0.05) is 13.8 Å². The first kappa shape index (κ1) is 10.7. The molecule has 1 rings (SSSR count). The van der Waals surface area contributed by atoms with Crippen LogP contribution in [-0.2, 0) is 4.79 Å². The molecule has 0 aromatic rings. The third kappa shape index (κ3) is 1.91. The van der Waals surface area contributed by atoms with E-state index in [4.69, 9.17) is 11.0 Å². The molecule has 0 bridgehead atoms. The first-order valence-corrected chi connectivity index (χ1v) is 4.58. The van der Waals surface area contributed by atoms with Gasteiger partial charge in [0.15, 0.2) is 0 Å². The van der Waals surface area contributed by atoms with Crippen LogP contribution in [0, 0.1) is 17.2 Å². The second-order valence-electron chi connectivity index (χ2n) is 3.63. The number of hydrazone groups is 1. The van der Waals surface area contributed by atoms with Crippen LogP contribution in [0.4, 0.5) is 0 Å². The summed E-state index contributed by atoms with van der Waals surface area (Å²) in [7, 11) is 0. The minimum atomic E-state index is -0.582. The molecule has 0 radical (unpaired) electrons. The van der Waals surface area contributed by atoms with E-state index in [9.17, 15) is 4.79 Å². The van der Waals surface area contributed by atoms with Crippen molar-refractivity contribution in [2.24, 2.45) is 16.8 Å². The number of nitrogens with two attached hydrogens (primary N) is 1. The number of amides is 1. The van der Waals surface area contributed by atoms with E-state index in [1.807, 2.05) is 19.9 Å². The summed E-state index contributed by atoms with van der Waals surface area (Å²) < 4.78 is 0. The molecule has 14 heavy (non-hydrogen) atoms. The summed E-state index contributed by atoms with van der Waals surface area (Å²) in [5.41, 5.74) is 5.68. The molecule has 0 saturated carbocycles. The number of carbonyl (C=O) groups excluding carboxylic acids is 1. The summed E-state index contributed by atoms with van der Waals surface area (Å²) in [5, 5.41) is 13.8. The van der Waals surface area contributed by atoms with Crippen molar-refractivity contribution in [1.82, 2.24) is 5.01 Å². The molecule has 0 spiro atoms. The molecule has 5 heteroatoms. The third-order valence-electron chi connectivity index (χ3n) is 2.21. The monoisotopic (exact) mass is 194 g/mol. The first-order valence-electron chi connectivity index (χ1n) is 4.58. The van der Waals surface area contributed by atoms with Crippen LogP contribution in [0.1, 0.15) is 20.3 Å². The van der Waals surface area contributed by atoms with E-state index >= 15 is 0 Å². The molecule has 0 saturated heterocycles. The number of carbonyl (C=O) groups is 1. The number of nitrogens with zero attached hydrogens (tertiary/aromatic N) is 3. The Morgan fingerprint density at radius 1 is 1.79 bits per heavy atom. The maximum absolute atomic E-state index is 11.7. The largest absolute Gasteiger partial charge is 0.320 e. The number of hydrogen-bond acceptors (Lipinski definition) is 4. The lowest BCUT2D eigenvalue weighted by Gasteiger charge is -2.22. The molecule has 1 unspecified atom stereocenters. The molecule has 1 heterocycles. The highest BCUT2D eigenvalue weighted by molar-refractivity contribution is 5.84. The molecule has 2 atom stereocenters. The van der Waals surface area contributed by atoms with Crippen LogP contribution in [-0.4, -0.2) is 29.2 Å². The maximum Gasteiger partial charge on any atom is 0.261 e. The lowest BCUT2D eigenvalue weighted by Crippen LogP contribution is -2.46. The number of hydrogen-bond donors (Lipinski definition) is 1. The van der Waals surface area contributed by atoms with Gasteiger partial charge in [0.1, 0.15) is 6.04 Å². The van der Waals surface area contributed by atoms with Gasteiger partial charge in [-0.2, -0.15) is 10.4 Å². The SMILES string of the molecule is CC(C)[C@@H](N)C(=O)N1N=CCC1C#N. The molecule has 0 aromatic carbocycles. The molecule has 76 valence electrons. The Balaban J connectivity index is 2.70. The van der Waals surface area contributed by atoms with Gasteiger partial charge in [-0.25, -0.2) is 5.01 Å². The quantitative estimate of drug-likeness (QED) is 0.675. The van der Waals surface area contributed by atoms with Gasteiger partial charge in [0.2, 0.25) is 0 Å². The Kier molecular flexibility index (Phi) is 3.20. The van der Waals surface area contributed by atoms with Crippen LogP contribution in [0.15, 0.2) is 5.10 Å². The van der Waals surface area contributed by atoms with E-state index in [0.29, 0.717) is 6.42 Å². The third-order valence-corrected chi connectivity index (χ3v) is 2.21. The molecule has 2 N–H and O–H groups in total. The van der Waals surface area contributed by atoms with Crippen LogP contribution in [0.2, 0.25) is 0 Å².